The predicted octanol–water partition coefficient (Wildman–Crippen LogP) is 3.13. The number of nitrogen functional groups attached to an aromatic ring is 2. The zero-order chi connectivity index (χ0) is 46.6. The number of nitrogens with one attached hydrogen (secondary N) is 5. The highest BCUT2D eigenvalue weighted by atomic mass is 16.6. The molecule has 344 valence electrons. The standard InChI is InChI=1S/C42H48N12O9.C2H6/c1-2-52(40(57)35(55)33-27-10-8-25(37(43)44)20-29(27)48-50-33)14-13-47-41(58)63-31-12-19-60-32(36(31)61-22-24-6-4-3-5-7-24)23-62-42(59)54-17-15-53(16-18-54)39(56)34-28-11-9-26(38(45)46)21-30(28)49-51-34;1-2/h3-11,20-21,31-32,36H,2,12-19,22-23H2,1H3,(H3,43,44)(H3,45,46)(H,47,58)(H,48,50)(H,49,51);1-2H3/t31-,32?,36?;/m1./s1. The first-order valence-electron chi connectivity index (χ1n) is 21.3. The number of carbonyl (C=O) groups is 5. The number of Topliss-reactive ketones (excluding diaryl/α,β-unsaturated/α-hetero) is 1. The van der Waals surface area contributed by atoms with Gasteiger partial charge in [0.25, 0.3) is 17.6 Å². The topological polar surface area (TPSA) is 301 Å². The molecule has 5 aromatic rings. The van der Waals surface area contributed by atoms with Gasteiger partial charge < -0.3 is 50.4 Å². The summed E-state index contributed by atoms with van der Waals surface area (Å²) in [6, 6.07) is 19.1. The maximum atomic E-state index is 13.4. The van der Waals surface area contributed by atoms with Crippen LogP contribution in [0.15, 0.2) is 66.7 Å². The van der Waals surface area contributed by atoms with Crippen LogP contribution in [0.2, 0.25) is 0 Å². The third-order valence-corrected chi connectivity index (χ3v) is 10.9. The number of aromatic amines is 2. The number of nitrogens with zero attached hydrogens (tertiary/aromatic N) is 5. The molecule has 2 aliphatic rings. The Hall–Kier alpha value is -7.39. The summed E-state index contributed by atoms with van der Waals surface area (Å²) in [7, 11) is 0. The molecule has 2 aliphatic heterocycles. The van der Waals surface area contributed by atoms with Crippen molar-refractivity contribution in [1.29, 1.82) is 10.8 Å². The molecule has 3 atom stereocenters. The van der Waals surface area contributed by atoms with E-state index < -0.39 is 42.2 Å². The van der Waals surface area contributed by atoms with Crippen molar-refractivity contribution >= 4 is 63.3 Å². The van der Waals surface area contributed by atoms with Crippen molar-refractivity contribution < 1.29 is 42.9 Å². The number of alkyl carbamates (subject to hydrolysis) is 1. The van der Waals surface area contributed by atoms with Crippen molar-refractivity contribution in [3.05, 3.63) is 94.8 Å². The maximum absolute atomic E-state index is 13.4. The third-order valence-electron chi connectivity index (χ3n) is 10.9. The molecule has 21 nitrogen and oxygen atoms in total. The second-order valence-corrected chi connectivity index (χ2v) is 14.9. The Morgan fingerprint density at radius 1 is 0.862 bits per heavy atom. The third kappa shape index (κ3) is 11.2. The number of hydrogen-bond donors (Lipinski definition) is 7. The number of amides is 4. The van der Waals surface area contributed by atoms with Crippen molar-refractivity contribution in [2.24, 2.45) is 11.5 Å². The minimum absolute atomic E-state index is 0.00137. The SMILES string of the molecule is CC.CCN(CCNC(=O)O[C@@H]1CCOC(COC(=O)N2CCN(C(=O)c3n[nH]c4cc(C(=N)N)ccc34)CC2)C1OCc1ccccc1)C(=O)C(=O)c1n[nH]c2cc(C(=N)N)ccc12. The van der Waals surface area contributed by atoms with E-state index in [0.29, 0.717) is 32.9 Å². The Labute approximate surface area is 374 Å². The van der Waals surface area contributed by atoms with Gasteiger partial charge in [0.2, 0.25) is 0 Å². The highest BCUT2D eigenvalue weighted by Gasteiger charge is 2.39. The number of amidine groups is 2. The number of aromatic nitrogens is 4. The summed E-state index contributed by atoms with van der Waals surface area (Å²) < 4.78 is 23.8. The van der Waals surface area contributed by atoms with Crippen LogP contribution in [0.5, 0.6) is 0 Å². The van der Waals surface area contributed by atoms with Crippen LogP contribution in [0.4, 0.5) is 9.59 Å². The molecule has 21 heteroatoms. The van der Waals surface area contributed by atoms with Crippen molar-refractivity contribution in [2.45, 2.75) is 52.1 Å². The number of likely N-dealkylation sites (N-methyl/N-ethyl adjacent to an activating group) is 1. The van der Waals surface area contributed by atoms with Gasteiger partial charge in [-0.25, -0.2) is 9.59 Å². The molecular formula is C44H54N12O9. The lowest BCUT2D eigenvalue weighted by Gasteiger charge is -2.38. The lowest BCUT2D eigenvalue weighted by molar-refractivity contribution is -0.175. The second kappa shape index (κ2) is 21.8. The van der Waals surface area contributed by atoms with Crippen LogP contribution in [-0.4, -0.2) is 154 Å². The molecule has 0 spiro atoms. The fourth-order valence-electron chi connectivity index (χ4n) is 7.40. The summed E-state index contributed by atoms with van der Waals surface area (Å²) in [4.78, 5) is 70.7. The quantitative estimate of drug-likeness (QED) is 0.0344. The molecular weight excluding hydrogens is 841 g/mol. The van der Waals surface area contributed by atoms with Crippen LogP contribution >= 0.6 is 0 Å². The minimum atomic E-state index is -0.837. The smallest absolute Gasteiger partial charge is 0.409 e. The first kappa shape index (κ1) is 47.1. The van der Waals surface area contributed by atoms with Gasteiger partial charge in [-0.1, -0.05) is 56.3 Å². The summed E-state index contributed by atoms with van der Waals surface area (Å²) in [5.41, 5.74) is 14.1. The van der Waals surface area contributed by atoms with E-state index in [1.807, 2.05) is 44.2 Å². The van der Waals surface area contributed by atoms with Gasteiger partial charge in [-0.3, -0.25) is 35.4 Å². The van der Waals surface area contributed by atoms with Gasteiger partial charge in [-0.15, -0.1) is 0 Å². The average Bonchev–Trinajstić information content (AvgIpc) is 3.96. The number of benzene rings is 3. The molecule has 0 radical (unpaired) electrons. The number of ketones is 1. The first-order chi connectivity index (χ1) is 31.4. The first-order valence-corrected chi connectivity index (χ1v) is 21.3. The molecule has 0 saturated carbocycles. The van der Waals surface area contributed by atoms with E-state index in [-0.39, 0.29) is 101 Å². The Bertz CT molecular complexity index is 2520. The molecule has 4 amide bonds. The zero-order valence-electron chi connectivity index (χ0n) is 36.4. The number of fused-ring (bicyclic) bond motifs is 2. The number of piperazine rings is 1. The maximum Gasteiger partial charge on any atom is 0.409 e. The van der Waals surface area contributed by atoms with Gasteiger partial charge in [0.15, 0.2) is 5.69 Å². The summed E-state index contributed by atoms with van der Waals surface area (Å²) in [6.07, 6.45) is -3.52. The van der Waals surface area contributed by atoms with Crippen LogP contribution < -0.4 is 16.8 Å². The van der Waals surface area contributed by atoms with Gasteiger partial charge in [0, 0.05) is 74.1 Å². The molecule has 7 rings (SSSR count). The fourth-order valence-corrected chi connectivity index (χ4v) is 7.40. The predicted molar refractivity (Wildman–Crippen MR) is 239 cm³/mol. The normalized spacial score (nSPS) is 17.1. The van der Waals surface area contributed by atoms with E-state index in [4.69, 9.17) is 41.2 Å². The van der Waals surface area contributed by atoms with Crippen LogP contribution in [0.1, 0.15) is 64.9 Å². The Morgan fingerprint density at radius 3 is 2.08 bits per heavy atom. The Balaban J connectivity index is 0.00000345. The van der Waals surface area contributed by atoms with Gasteiger partial charge in [0.05, 0.1) is 24.2 Å². The summed E-state index contributed by atoms with van der Waals surface area (Å²) >= 11 is 0. The van der Waals surface area contributed by atoms with E-state index in [0.717, 1.165) is 5.56 Å². The van der Waals surface area contributed by atoms with Crippen LogP contribution in [0.3, 0.4) is 0 Å². The van der Waals surface area contributed by atoms with Crippen molar-refractivity contribution in [1.82, 2.24) is 40.4 Å². The largest absolute Gasteiger partial charge is 0.447 e. The minimum Gasteiger partial charge on any atom is -0.447 e. The molecule has 2 fully saturated rings. The number of hydrogen-bond acceptors (Lipinski definition) is 13. The molecule has 0 aliphatic carbocycles. The highest BCUT2D eigenvalue weighted by Crippen LogP contribution is 2.25. The lowest BCUT2D eigenvalue weighted by atomic mass is 10.0. The van der Waals surface area contributed by atoms with Crippen LogP contribution in [0, 0.1) is 10.8 Å². The van der Waals surface area contributed by atoms with E-state index >= 15 is 0 Å². The average molecular weight is 895 g/mol. The molecule has 3 aromatic carbocycles. The second-order valence-electron chi connectivity index (χ2n) is 14.9. The fraction of sp³-hybridized carbons (Fsp3) is 0.386. The Morgan fingerprint density at radius 2 is 1.46 bits per heavy atom. The van der Waals surface area contributed by atoms with Gasteiger partial charge in [-0.2, -0.15) is 10.2 Å². The van der Waals surface area contributed by atoms with E-state index in [1.165, 1.54) is 9.80 Å². The van der Waals surface area contributed by atoms with E-state index in [2.05, 4.69) is 25.7 Å². The molecule has 4 heterocycles. The van der Waals surface area contributed by atoms with Gasteiger partial charge in [-0.05, 0) is 36.8 Å². The zero-order valence-corrected chi connectivity index (χ0v) is 36.4. The van der Waals surface area contributed by atoms with Crippen molar-refractivity contribution in [3.63, 3.8) is 0 Å². The number of ether oxygens (including phenoxy) is 4. The van der Waals surface area contributed by atoms with E-state index in [9.17, 15) is 24.0 Å². The summed E-state index contributed by atoms with van der Waals surface area (Å²) in [5, 5.41) is 32.7. The molecule has 2 aromatic heterocycles. The molecule has 65 heavy (non-hydrogen) atoms. The number of rotatable bonds is 15. The lowest BCUT2D eigenvalue weighted by Crippen LogP contribution is -2.53. The van der Waals surface area contributed by atoms with Gasteiger partial charge in [0.1, 0.15) is 42.3 Å². The highest BCUT2D eigenvalue weighted by molar-refractivity contribution is 6.44. The summed E-state index contributed by atoms with van der Waals surface area (Å²) in [6.45, 7) is 6.89. The Kier molecular flexibility index (Phi) is 15.8. The van der Waals surface area contributed by atoms with Gasteiger partial charge >= 0.3 is 12.2 Å². The summed E-state index contributed by atoms with van der Waals surface area (Å²) in [5.74, 6) is -2.20. The van der Waals surface area contributed by atoms with Crippen LogP contribution in [0.25, 0.3) is 21.8 Å². The number of H-pyrrole nitrogens is 2. The van der Waals surface area contributed by atoms with Crippen LogP contribution in [-0.2, 0) is 30.3 Å². The molecule has 2 saturated heterocycles. The van der Waals surface area contributed by atoms with Crippen molar-refractivity contribution in [3.8, 4) is 0 Å². The number of nitrogens with two attached hydrogens (primary N) is 2. The molecule has 9 N–H and O–H groups in total. The van der Waals surface area contributed by atoms with E-state index in [1.54, 1.807) is 48.2 Å². The molecule has 2 unspecified atom stereocenters. The molecule has 0 bridgehead atoms. The number of carbonyl (C=O) groups excluding carboxylic acids is 5. The monoisotopic (exact) mass is 894 g/mol. The van der Waals surface area contributed by atoms with Crippen molar-refractivity contribution in [2.75, 3.05) is 59.0 Å².